The molecule has 0 radical (unpaired) electrons. The summed E-state index contributed by atoms with van der Waals surface area (Å²) in [6, 6.07) is 0. The predicted molar refractivity (Wildman–Crippen MR) is 68.1 cm³/mol. The molecule has 1 rings (SSSR count). The van der Waals surface area contributed by atoms with Crippen molar-refractivity contribution in [3.63, 3.8) is 0 Å². The van der Waals surface area contributed by atoms with Crippen LogP contribution in [0.25, 0.3) is 0 Å². The molecular formula is C12H25NO2S. The summed E-state index contributed by atoms with van der Waals surface area (Å²) >= 11 is 0. The zero-order chi connectivity index (χ0) is 12.2. The maximum absolute atomic E-state index is 11.6. The molecule has 0 bridgehead atoms. The van der Waals surface area contributed by atoms with Gasteiger partial charge in [0.2, 0.25) is 0 Å². The second kappa shape index (κ2) is 5.50. The molecule has 16 heavy (non-hydrogen) atoms. The first-order chi connectivity index (χ1) is 7.37. The van der Waals surface area contributed by atoms with Gasteiger partial charge in [-0.3, -0.25) is 0 Å². The van der Waals surface area contributed by atoms with Crippen molar-refractivity contribution in [3.8, 4) is 0 Å². The Morgan fingerprint density at radius 3 is 2.62 bits per heavy atom. The van der Waals surface area contributed by atoms with Gasteiger partial charge in [-0.25, -0.2) is 8.42 Å². The maximum atomic E-state index is 11.6. The lowest BCUT2D eigenvalue weighted by Crippen LogP contribution is -2.45. The Bertz CT molecular complexity index is 313. The fraction of sp³-hybridized carbons (Fsp3) is 1.00. The van der Waals surface area contributed by atoms with E-state index in [1.54, 1.807) is 0 Å². The monoisotopic (exact) mass is 247 g/mol. The molecule has 0 heterocycles. The van der Waals surface area contributed by atoms with Gasteiger partial charge in [0.25, 0.3) is 0 Å². The van der Waals surface area contributed by atoms with Gasteiger partial charge >= 0.3 is 0 Å². The van der Waals surface area contributed by atoms with Crippen molar-refractivity contribution in [2.75, 3.05) is 11.5 Å². The predicted octanol–water partition coefficient (Wildman–Crippen LogP) is 2.11. The summed E-state index contributed by atoms with van der Waals surface area (Å²) in [4.78, 5) is 0. The molecule has 2 atom stereocenters. The lowest BCUT2D eigenvalue weighted by Gasteiger charge is -2.36. The number of nitrogens with two attached hydrogens (primary N) is 1. The van der Waals surface area contributed by atoms with Gasteiger partial charge in [-0.05, 0) is 31.6 Å². The molecule has 0 aromatic carbocycles. The average Bonchev–Trinajstić information content (AvgIpc) is 2.15. The van der Waals surface area contributed by atoms with E-state index in [1.807, 2.05) is 6.92 Å². The molecule has 0 spiro atoms. The number of hydrogen-bond donors (Lipinski definition) is 1. The van der Waals surface area contributed by atoms with E-state index in [-0.39, 0.29) is 11.3 Å². The molecule has 96 valence electrons. The summed E-state index contributed by atoms with van der Waals surface area (Å²) < 4.78 is 23.3. The van der Waals surface area contributed by atoms with Gasteiger partial charge in [-0.1, -0.05) is 26.7 Å². The molecule has 0 amide bonds. The molecule has 1 aliphatic rings. The van der Waals surface area contributed by atoms with Crippen LogP contribution in [-0.2, 0) is 9.84 Å². The summed E-state index contributed by atoms with van der Waals surface area (Å²) in [5.41, 5.74) is 6.06. The van der Waals surface area contributed by atoms with E-state index in [2.05, 4.69) is 6.92 Å². The maximum Gasteiger partial charge on any atom is 0.150 e. The first-order valence-electron chi connectivity index (χ1n) is 6.36. The first kappa shape index (κ1) is 14.0. The van der Waals surface area contributed by atoms with Gasteiger partial charge in [-0.2, -0.15) is 0 Å². The standard InChI is InChI=1S/C12H25NO2S/c1-3-8-16(14,15)9-7-12(13)6-4-5-11(2)10-12/h11H,3-10,13H2,1-2H3. The lowest BCUT2D eigenvalue weighted by atomic mass is 9.76. The van der Waals surface area contributed by atoms with Crippen molar-refractivity contribution in [2.45, 2.75) is 57.9 Å². The van der Waals surface area contributed by atoms with Crippen molar-refractivity contribution in [1.82, 2.24) is 0 Å². The summed E-state index contributed by atoms with van der Waals surface area (Å²) in [6.07, 6.45) is 5.69. The van der Waals surface area contributed by atoms with E-state index >= 15 is 0 Å². The van der Waals surface area contributed by atoms with Crippen LogP contribution in [0.15, 0.2) is 0 Å². The second-order valence-electron chi connectivity index (χ2n) is 5.47. The van der Waals surface area contributed by atoms with Crippen LogP contribution in [0, 0.1) is 5.92 Å². The van der Waals surface area contributed by atoms with Crippen LogP contribution in [0.1, 0.15) is 52.4 Å². The summed E-state index contributed by atoms with van der Waals surface area (Å²) in [6.45, 7) is 4.11. The highest BCUT2D eigenvalue weighted by atomic mass is 32.2. The van der Waals surface area contributed by atoms with Crippen molar-refractivity contribution in [3.05, 3.63) is 0 Å². The zero-order valence-corrected chi connectivity index (χ0v) is 11.4. The van der Waals surface area contributed by atoms with E-state index in [4.69, 9.17) is 5.73 Å². The highest BCUT2D eigenvalue weighted by Crippen LogP contribution is 2.32. The molecule has 1 saturated carbocycles. The minimum atomic E-state index is -2.87. The van der Waals surface area contributed by atoms with E-state index in [0.717, 1.165) is 19.3 Å². The number of rotatable bonds is 5. The summed E-state index contributed by atoms with van der Waals surface area (Å²) in [7, 11) is -2.87. The van der Waals surface area contributed by atoms with Gasteiger partial charge in [0.1, 0.15) is 9.84 Å². The Morgan fingerprint density at radius 2 is 2.06 bits per heavy atom. The van der Waals surface area contributed by atoms with Crippen LogP contribution in [0.4, 0.5) is 0 Å². The van der Waals surface area contributed by atoms with Crippen molar-refractivity contribution in [2.24, 2.45) is 11.7 Å². The van der Waals surface area contributed by atoms with Crippen LogP contribution in [0.2, 0.25) is 0 Å². The largest absolute Gasteiger partial charge is 0.325 e. The Kier molecular flexibility index (Phi) is 4.80. The zero-order valence-electron chi connectivity index (χ0n) is 10.5. The highest BCUT2D eigenvalue weighted by molar-refractivity contribution is 7.91. The normalized spacial score (nSPS) is 31.6. The van der Waals surface area contributed by atoms with E-state index in [9.17, 15) is 8.42 Å². The molecular weight excluding hydrogens is 222 g/mol. The first-order valence-corrected chi connectivity index (χ1v) is 8.18. The SMILES string of the molecule is CCCS(=O)(=O)CCC1(N)CCCC(C)C1. The molecule has 2 unspecified atom stereocenters. The molecule has 1 aliphatic carbocycles. The van der Waals surface area contributed by atoms with Gasteiger partial charge < -0.3 is 5.73 Å². The minimum absolute atomic E-state index is 0.224. The van der Waals surface area contributed by atoms with Crippen LogP contribution in [0.5, 0.6) is 0 Å². The molecule has 2 N–H and O–H groups in total. The smallest absolute Gasteiger partial charge is 0.150 e. The van der Waals surface area contributed by atoms with Crippen molar-refractivity contribution >= 4 is 9.84 Å². The fourth-order valence-corrected chi connectivity index (χ4v) is 4.24. The third kappa shape index (κ3) is 4.42. The molecule has 3 nitrogen and oxygen atoms in total. The lowest BCUT2D eigenvalue weighted by molar-refractivity contribution is 0.231. The molecule has 0 aliphatic heterocycles. The minimum Gasteiger partial charge on any atom is -0.325 e. The van der Waals surface area contributed by atoms with Gasteiger partial charge in [0.15, 0.2) is 0 Å². The van der Waals surface area contributed by atoms with Crippen molar-refractivity contribution < 1.29 is 8.42 Å². The third-order valence-corrected chi connectivity index (χ3v) is 5.41. The third-order valence-electron chi connectivity index (χ3n) is 3.55. The Hall–Kier alpha value is -0.0900. The van der Waals surface area contributed by atoms with E-state index < -0.39 is 9.84 Å². The Morgan fingerprint density at radius 1 is 1.38 bits per heavy atom. The Labute approximate surface area is 99.7 Å². The number of hydrogen-bond acceptors (Lipinski definition) is 3. The van der Waals surface area contributed by atoms with E-state index in [0.29, 0.717) is 24.5 Å². The molecule has 4 heteroatoms. The van der Waals surface area contributed by atoms with Gasteiger partial charge in [0.05, 0.1) is 5.75 Å². The average molecular weight is 247 g/mol. The molecule has 1 fully saturated rings. The number of sulfone groups is 1. The van der Waals surface area contributed by atoms with Gasteiger partial charge in [-0.15, -0.1) is 0 Å². The van der Waals surface area contributed by atoms with Gasteiger partial charge in [0, 0.05) is 11.3 Å². The summed E-state index contributed by atoms with van der Waals surface area (Å²) in [5, 5.41) is 0. The van der Waals surface area contributed by atoms with Crippen LogP contribution in [-0.4, -0.2) is 25.5 Å². The van der Waals surface area contributed by atoms with Crippen LogP contribution in [0.3, 0.4) is 0 Å². The highest BCUT2D eigenvalue weighted by Gasteiger charge is 2.31. The fourth-order valence-electron chi connectivity index (χ4n) is 2.70. The van der Waals surface area contributed by atoms with Crippen LogP contribution < -0.4 is 5.73 Å². The van der Waals surface area contributed by atoms with Crippen molar-refractivity contribution in [1.29, 1.82) is 0 Å². The van der Waals surface area contributed by atoms with Crippen LogP contribution >= 0.6 is 0 Å². The molecule has 0 aromatic rings. The molecule has 0 aromatic heterocycles. The quantitative estimate of drug-likeness (QED) is 0.809. The topological polar surface area (TPSA) is 60.2 Å². The van der Waals surface area contributed by atoms with E-state index in [1.165, 1.54) is 6.42 Å². The second-order valence-corrected chi connectivity index (χ2v) is 7.77. The summed E-state index contributed by atoms with van der Waals surface area (Å²) in [5.74, 6) is 1.22. The molecule has 0 saturated heterocycles. The Balaban J connectivity index is 2.47.